The smallest absolute Gasteiger partial charge is 0.133 e. The summed E-state index contributed by atoms with van der Waals surface area (Å²) in [6, 6.07) is 0. The summed E-state index contributed by atoms with van der Waals surface area (Å²) in [6.45, 7) is 10.1. The first-order valence-corrected chi connectivity index (χ1v) is 3.35. The highest BCUT2D eigenvalue weighted by molar-refractivity contribution is 6.22. The summed E-state index contributed by atoms with van der Waals surface area (Å²) in [5.74, 6) is 2.85. The molecule has 0 aliphatic carbocycles. The van der Waals surface area contributed by atoms with Gasteiger partial charge in [0.25, 0.3) is 0 Å². The Morgan fingerprint density at radius 1 is 1.44 bits per heavy atom. The molecular formula is C8H11Si. The molecule has 0 aliphatic rings. The third-order valence-corrected chi connectivity index (χ3v) is 1.24. The maximum Gasteiger partial charge on any atom is 0.147 e. The van der Waals surface area contributed by atoms with Gasteiger partial charge in [0.15, 0.2) is 0 Å². The maximum absolute atomic E-state index is 3.81. The Morgan fingerprint density at radius 2 is 1.89 bits per heavy atom. The molecule has 0 rings (SSSR count). The molecule has 0 fully saturated rings. The summed E-state index contributed by atoms with van der Waals surface area (Å²) in [5.41, 5.74) is 3.70. The molecule has 0 aromatic rings. The van der Waals surface area contributed by atoms with E-state index in [-0.39, 0.29) is 5.41 Å². The van der Waals surface area contributed by atoms with Crippen LogP contribution in [0.15, 0.2) is 12.2 Å². The van der Waals surface area contributed by atoms with Crippen LogP contribution in [0.2, 0.25) is 0 Å². The highest BCUT2D eigenvalue weighted by Crippen LogP contribution is 2.21. The lowest BCUT2D eigenvalue weighted by Crippen LogP contribution is -2.06. The minimum Gasteiger partial charge on any atom is -0.133 e. The van der Waals surface area contributed by atoms with E-state index >= 15 is 0 Å². The summed E-state index contributed by atoms with van der Waals surface area (Å²) < 4.78 is 0. The Morgan fingerprint density at radius 3 is 2.00 bits per heavy atom. The molecule has 0 saturated carbocycles. The van der Waals surface area contributed by atoms with Crippen molar-refractivity contribution >= 4 is 10.2 Å². The number of allylic oxidation sites excluding steroid dienone is 1. The first-order valence-electron chi connectivity index (χ1n) is 2.85. The van der Waals surface area contributed by atoms with Crippen molar-refractivity contribution in [2.45, 2.75) is 20.8 Å². The van der Waals surface area contributed by atoms with Gasteiger partial charge in [0.1, 0.15) is 10.2 Å². The predicted molar refractivity (Wildman–Crippen MR) is 42.1 cm³/mol. The highest BCUT2D eigenvalue weighted by Gasteiger charge is 2.11. The van der Waals surface area contributed by atoms with E-state index in [0.717, 1.165) is 5.57 Å². The minimum atomic E-state index is 0.111. The van der Waals surface area contributed by atoms with Gasteiger partial charge >= 0.3 is 0 Å². The summed E-state index contributed by atoms with van der Waals surface area (Å²) in [5, 5.41) is 0. The van der Waals surface area contributed by atoms with Gasteiger partial charge in [-0.05, 0) is 11.0 Å². The second-order valence-electron chi connectivity index (χ2n) is 2.98. The maximum atomic E-state index is 3.81. The quantitative estimate of drug-likeness (QED) is 0.350. The van der Waals surface area contributed by atoms with Crippen molar-refractivity contribution in [3.8, 4) is 11.5 Å². The Kier molecular flexibility index (Phi) is 2.73. The Hall–Kier alpha value is -0.483. The van der Waals surface area contributed by atoms with Crippen LogP contribution in [0.5, 0.6) is 0 Å². The van der Waals surface area contributed by atoms with Gasteiger partial charge in [-0.25, -0.2) is 0 Å². The van der Waals surface area contributed by atoms with Crippen LogP contribution in [0.1, 0.15) is 20.8 Å². The lowest BCUT2D eigenvalue weighted by atomic mass is 9.88. The molecule has 0 aliphatic heterocycles. The normalized spacial score (nSPS) is 9.78. The first-order chi connectivity index (χ1) is 3.98. The molecule has 0 saturated heterocycles. The largest absolute Gasteiger partial charge is 0.147 e. The predicted octanol–water partition coefficient (Wildman–Crippen LogP) is 1.72. The standard InChI is InChI=1S/C8H11Si/c1-7(5-6-9)8(2,3)4/h1H2,2-4H3. The topological polar surface area (TPSA) is 0 Å². The van der Waals surface area contributed by atoms with Crippen LogP contribution >= 0.6 is 0 Å². The van der Waals surface area contributed by atoms with E-state index in [0.29, 0.717) is 0 Å². The molecular weight excluding hydrogens is 124 g/mol. The van der Waals surface area contributed by atoms with Crippen LogP contribution in [-0.4, -0.2) is 10.2 Å². The molecule has 0 heterocycles. The molecule has 0 bridgehead atoms. The van der Waals surface area contributed by atoms with Crippen LogP contribution in [0.4, 0.5) is 0 Å². The minimum absolute atomic E-state index is 0.111. The first kappa shape index (κ1) is 8.52. The van der Waals surface area contributed by atoms with Crippen molar-refractivity contribution in [2.75, 3.05) is 0 Å². The average molecular weight is 135 g/mol. The third-order valence-electron chi connectivity index (χ3n) is 1.12. The van der Waals surface area contributed by atoms with Gasteiger partial charge in [0.2, 0.25) is 0 Å². The van der Waals surface area contributed by atoms with Crippen molar-refractivity contribution in [2.24, 2.45) is 5.41 Å². The van der Waals surface area contributed by atoms with Gasteiger partial charge in [-0.2, -0.15) is 0 Å². The molecule has 0 unspecified atom stereocenters. The fraction of sp³-hybridized carbons (Fsp3) is 0.500. The molecule has 0 atom stereocenters. The molecule has 0 N–H and O–H groups in total. The third kappa shape index (κ3) is 3.15. The van der Waals surface area contributed by atoms with E-state index in [1.165, 1.54) is 0 Å². The van der Waals surface area contributed by atoms with Crippen LogP contribution in [0, 0.1) is 16.9 Å². The fourth-order valence-corrected chi connectivity index (χ4v) is 0.414. The highest BCUT2D eigenvalue weighted by atomic mass is 28.1. The van der Waals surface area contributed by atoms with E-state index in [1.807, 2.05) is 0 Å². The molecule has 3 radical (unpaired) electrons. The number of hydrogen-bond acceptors (Lipinski definition) is 0. The molecule has 0 nitrogen and oxygen atoms in total. The molecule has 9 heavy (non-hydrogen) atoms. The Balaban J connectivity index is 4.17. The molecule has 1 heteroatoms. The van der Waals surface area contributed by atoms with Crippen LogP contribution in [0.25, 0.3) is 0 Å². The van der Waals surface area contributed by atoms with Gasteiger partial charge in [-0.1, -0.05) is 33.3 Å². The lowest BCUT2D eigenvalue weighted by molar-refractivity contribution is 0.523. The molecule has 0 amide bonds. The summed E-state index contributed by atoms with van der Waals surface area (Å²) in [6.07, 6.45) is 0. The van der Waals surface area contributed by atoms with Gasteiger partial charge in [-0.3, -0.25) is 0 Å². The number of rotatable bonds is 0. The SMILES string of the molecule is C=C(C#C[Si])C(C)(C)C. The Bertz CT molecular complexity index is 161. The van der Waals surface area contributed by atoms with E-state index in [4.69, 9.17) is 0 Å². The van der Waals surface area contributed by atoms with Crippen molar-refractivity contribution in [3.63, 3.8) is 0 Å². The van der Waals surface area contributed by atoms with Crippen LogP contribution in [0.3, 0.4) is 0 Å². The van der Waals surface area contributed by atoms with Crippen molar-refractivity contribution < 1.29 is 0 Å². The van der Waals surface area contributed by atoms with Crippen molar-refractivity contribution in [1.82, 2.24) is 0 Å². The van der Waals surface area contributed by atoms with Gasteiger partial charge < -0.3 is 0 Å². The zero-order valence-electron chi connectivity index (χ0n) is 6.21. The zero-order valence-corrected chi connectivity index (χ0v) is 7.21. The van der Waals surface area contributed by atoms with E-state index < -0.39 is 0 Å². The average Bonchev–Trinajstić information content (AvgIpc) is 1.64. The van der Waals surface area contributed by atoms with E-state index in [1.54, 1.807) is 0 Å². The second-order valence-corrected chi connectivity index (χ2v) is 3.23. The summed E-state index contributed by atoms with van der Waals surface area (Å²) >= 11 is 0. The van der Waals surface area contributed by atoms with Gasteiger partial charge in [0.05, 0.1) is 0 Å². The molecule has 0 aromatic carbocycles. The van der Waals surface area contributed by atoms with E-state index in [2.05, 4.69) is 49.1 Å². The van der Waals surface area contributed by atoms with Crippen LogP contribution < -0.4 is 0 Å². The summed E-state index contributed by atoms with van der Waals surface area (Å²) in [7, 11) is 3.06. The van der Waals surface area contributed by atoms with Gasteiger partial charge in [-0.15, -0.1) is 5.54 Å². The lowest BCUT2D eigenvalue weighted by Gasteiger charge is -2.16. The number of hydrogen-bond donors (Lipinski definition) is 0. The molecule has 0 spiro atoms. The van der Waals surface area contributed by atoms with Crippen molar-refractivity contribution in [3.05, 3.63) is 12.2 Å². The second kappa shape index (κ2) is 2.89. The van der Waals surface area contributed by atoms with E-state index in [9.17, 15) is 0 Å². The molecule has 0 aromatic heterocycles. The van der Waals surface area contributed by atoms with Gasteiger partial charge in [0, 0.05) is 0 Å². The monoisotopic (exact) mass is 135 g/mol. The zero-order chi connectivity index (χ0) is 7.49. The molecule has 47 valence electrons. The van der Waals surface area contributed by atoms with Crippen LogP contribution in [-0.2, 0) is 0 Å². The fourth-order valence-electron chi connectivity index (χ4n) is 0.263. The van der Waals surface area contributed by atoms with Crippen molar-refractivity contribution in [1.29, 1.82) is 0 Å². The summed E-state index contributed by atoms with van der Waals surface area (Å²) in [4.78, 5) is 0. The Labute approximate surface area is 60.8 Å².